The van der Waals surface area contributed by atoms with Crippen LogP contribution in [0.25, 0.3) is 0 Å². The van der Waals surface area contributed by atoms with Crippen molar-refractivity contribution in [1.29, 1.82) is 0 Å². The SMILES string of the molecule is C=CC(=O)C1(CC)COC1. The molecule has 2 heteroatoms. The van der Waals surface area contributed by atoms with E-state index in [-0.39, 0.29) is 11.2 Å². The van der Waals surface area contributed by atoms with Gasteiger partial charge in [-0.25, -0.2) is 0 Å². The zero-order valence-electron chi connectivity index (χ0n) is 6.22. The van der Waals surface area contributed by atoms with Crippen LogP contribution in [-0.4, -0.2) is 19.0 Å². The van der Waals surface area contributed by atoms with Gasteiger partial charge in [0.2, 0.25) is 0 Å². The lowest BCUT2D eigenvalue weighted by Gasteiger charge is -2.38. The van der Waals surface area contributed by atoms with Crippen LogP contribution in [0, 0.1) is 5.41 Å². The molecule has 0 aromatic rings. The molecule has 0 aromatic heterocycles. The van der Waals surface area contributed by atoms with Crippen molar-refractivity contribution >= 4 is 5.78 Å². The third-order valence-corrected chi connectivity index (χ3v) is 2.14. The number of ether oxygens (including phenoxy) is 1. The van der Waals surface area contributed by atoms with Crippen molar-refractivity contribution in [2.75, 3.05) is 13.2 Å². The van der Waals surface area contributed by atoms with Gasteiger partial charge in [0, 0.05) is 0 Å². The summed E-state index contributed by atoms with van der Waals surface area (Å²) in [6.07, 6.45) is 2.25. The summed E-state index contributed by atoms with van der Waals surface area (Å²) in [6.45, 7) is 6.61. The normalized spacial score (nSPS) is 21.3. The summed E-state index contributed by atoms with van der Waals surface area (Å²) in [6, 6.07) is 0. The summed E-state index contributed by atoms with van der Waals surface area (Å²) < 4.78 is 4.98. The third-order valence-electron chi connectivity index (χ3n) is 2.14. The van der Waals surface area contributed by atoms with Crippen molar-refractivity contribution in [3.8, 4) is 0 Å². The molecule has 0 N–H and O–H groups in total. The van der Waals surface area contributed by atoms with E-state index in [9.17, 15) is 4.79 Å². The number of hydrogen-bond acceptors (Lipinski definition) is 2. The predicted octanol–water partition coefficient (Wildman–Crippen LogP) is 1.17. The molecule has 1 aliphatic rings. The minimum Gasteiger partial charge on any atom is -0.379 e. The standard InChI is InChI=1S/C8H12O2/c1-3-7(9)8(4-2)5-10-6-8/h3H,1,4-6H2,2H3. The number of hydrogen-bond donors (Lipinski definition) is 0. The van der Waals surface area contributed by atoms with Crippen molar-refractivity contribution in [2.45, 2.75) is 13.3 Å². The van der Waals surface area contributed by atoms with Crippen LogP contribution in [0.3, 0.4) is 0 Å². The summed E-state index contributed by atoms with van der Waals surface area (Å²) >= 11 is 0. The van der Waals surface area contributed by atoms with Crippen molar-refractivity contribution in [3.05, 3.63) is 12.7 Å². The Morgan fingerprint density at radius 1 is 1.80 bits per heavy atom. The highest BCUT2D eigenvalue weighted by Crippen LogP contribution is 2.32. The lowest BCUT2D eigenvalue weighted by atomic mass is 9.79. The van der Waals surface area contributed by atoms with E-state index in [0.29, 0.717) is 13.2 Å². The van der Waals surface area contributed by atoms with Gasteiger partial charge in [0.1, 0.15) is 0 Å². The topological polar surface area (TPSA) is 26.3 Å². The van der Waals surface area contributed by atoms with E-state index >= 15 is 0 Å². The monoisotopic (exact) mass is 140 g/mol. The van der Waals surface area contributed by atoms with Crippen LogP contribution in [0.1, 0.15) is 13.3 Å². The van der Waals surface area contributed by atoms with E-state index in [0.717, 1.165) is 6.42 Å². The lowest BCUT2D eigenvalue weighted by molar-refractivity contribution is -0.154. The highest BCUT2D eigenvalue weighted by Gasteiger charge is 2.42. The van der Waals surface area contributed by atoms with Gasteiger partial charge in [-0.3, -0.25) is 4.79 Å². The average molecular weight is 140 g/mol. The van der Waals surface area contributed by atoms with Crippen molar-refractivity contribution in [2.24, 2.45) is 5.41 Å². The molecule has 0 aliphatic carbocycles. The second-order valence-electron chi connectivity index (χ2n) is 2.70. The quantitative estimate of drug-likeness (QED) is 0.550. The average Bonchev–Trinajstić information content (AvgIpc) is 1.86. The van der Waals surface area contributed by atoms with Gasteiger partial charge in [0.15, 0.2) is 5.78 Å². The second-order valence-corrected chi connectivity index (χ2v) is 2.70. The Morgan fingerprint density at radius 2 is 2.40 bits per heavy atom. The molecule has 0 radical (unpaired) electrons. The van der Waals surface area contributed by atoms with Gasteiger partial charge in [-0.1, -0.05) is 13.5 Å². The Kier molecular flexibility index (Phi) is 1.90. The van der Waals surface area contributed by atoms with Crippen molar-refractivity contribution < 1.29 is 9.53 Å². The van der Waals surface area contributed by atoms with Gasteiger partial charge < -0.3 is 4.74 Å². The predicted molar refractivity (Wildman–Crippen MR) is 38.7 cm³/mol. The van der Waals surface area contributed by atoms with E-state index < -0.39 is 0 Å². The minimum atomic E-state index is -0.207. The number of rotatable bonds is 3. The molecule has 56 valence electrons. The maximum Gasteiger partial charge on any atom is 0.165 e. The van der Waals surface area contributed by atoms with Crippen LogP contribution >= 0.6 is 0 Å². The zero-order valence-corrected chi connectivity index (χ0v) is 6.22. The first-order valence-corrected chi connectivity index (χ1v) is 3.50. The number of ketones is 1. The van der Waals surface area contributed by atoms with E-state index in [4.69, 9.17) is 4.74 Å². The molecule has 1 rings (SSSR count). The molecule has 0 bridgehead atoms. The summed E-state index contributed by atoms with van der Waals surface area (Å²) in [5.74, 6) is 0.126. The summed E-state index contributed by atoms with van der Waals surface area (Å²) in [4.78, 5) is 11.1. The Labute approximate surface area is 60.9 Å². The van der Waals surface area contributed by atoms with E-state index in [1.54, 1.807) is 0 Å². The Balaban J connectivity index is 2.64. The molecule has 2 nitrogen and oxygen atoms in total. The number of allylic oxidation sites excluding steroid dienone is 1. The van der Waals surface area contributed by atoms with Gasteiger partial charge in [-0.2, -0.15) is 0 Å². The van der Waals surface area contributed by atoms with Gasteiger partial charge in [-0.05, 0) is 12.5 Å². The first kappa shape index (κ1) is 7.48. The van der Waals surface area contributed by atoms with E-state index in [1.165, 1.54) is 6.08 Å². The molecule has 0 spiro atoms. The largest absolute Gasteiger partial charge is 0.379 e. The summed E-state index contributed by atoms with van der Waals surface area (Å²) in [5.41, 5.74) is -0.207. The van der Waals surface area contributed by atoms with Gasteiger partial charge in [-0.15, -0.1) is 0 Å². The third kappa shape index (κ3) is 0.886. The molecular formula is C8H12O2. The van der Waals surface area contributed by atoms with Crippen LogP contribution in [0.2, 0.25) is 0 Å². The molecule has 1 aliphatic heterocycles. The minimum absolute atomic E-state index is 0.126. The number of carbonyl (C=O) groups excluding carboxylic acids is 1. The van der Waals surface area contributed by atoms with E-state index in [2.05, 4.69) is 6.58 Å². The van der Waals surface area contributed by atoms with Crippen molar-refractivity contribution in [1.82, 2.24) is 0 Å². The maximum absolute atomic E-state index is 11.1. The van der Waals surface area contributed by atoms with Gasteiger partial charge in [0.05, 0.1) is 18.6 Å². The molecule has 1 heterocycles. The molecule has 0 unspecified atom stereocenters. The zero-order chi connectivity index (χ0) is 7.61. The van der Waals surface area contributed by atoms with Crippen LogP contribution in [0.5, 0.6) is 0 Å². The van der Waals surface area contributed by atoms with Gasteiger partial charge in [0.25, 0.3) is 0 Å². The fourth-order valence-electron chi connectivity index (χ4n) is 1.09. The second kappa shape index (κ2) is 2.54. The summed E-state index contributed by atoms with van der Waals surface area (Å²) in [5, 5.41) is 0. The molecule has 0 atom stereocenters. The fourth-order valence-corrected chi connectivity index (χ4v) is 1.09. The molecule has 0 amide bonds. The number of carbonyl (C=O) groups is 1. The van der Waals surface area contributed by atoms with Crippen LogP contribution in [0.15, 0.2) is 12.7 Å². The van der Waals surface area contributed by atoms with Crippen LogP contribution in [0.4, 0.5) is 0 Å². The van der Waals surface area contributed by atoms with Crippen LogP contribution in [-0.2, 0) is 9.53 Å². The molecule has 1 saturated heterocycles. The van der Waals surface area contributed by atoms with Gasteiger partial charge >= 0.3 is 0 Å². The van der Waals surface area contributed by atoms with Crippen molar-refractivity contribution in [3.63, 3.8) is 0 Å². The summed E-state index contributed by atoms with van der Waals surface area (Å²) in [7, 11) is 0. The molecule has 0 saturated carbocycles. The van der Waals surface area contributed by atoms with E-state index in [1.807, 2.05) is 6.92 Å². The first-order chi connectivity index (χ1) is 4.75. The Hall–Kier alpha value is -0.630. The maximum atomic E-state index is 11.1. The highest BCUT2D eigenvalue weighted by molar-refractivity contribution is 5.95. The Bertz CT molecular complexity index is 151. The Morgan fingerprint density at radius 3 is 2.50 bits per heavy atom. The highest BCUT2D eigenvalue weighted by atomic mass is 16.5. The molecular weight excluding hydrogens is 128 g/mol. The molecule has 10 heavy (non-hydrogen) atoms. The molecule has 1 fully saturated rings. The van der Waals surface area contributed by atoms with Crippen LogP contribution < -0.4 is 0 Å². The smallest absolute Gasteiger partial charge is 0.165 e. The lowest BCUT2D eigenvalue weighted by Crippen LogP contribution is -2.47. The fraction of sp³-hybridized carbons (Fsp3) is 0.625. The molecule has 0 aromatic carbocycles. The first-order valence-electron chi connectivity index (χ1n) is 3.50.